The number of ether oxygens (including phenoxy) is 1. The lowest BCUT2D eigenvalue weighted by Gasteiger charge is -2.23. The average molecular weight is 371 g/mol. The summed E-state index contributed by atoms with van der Waals surface area (Å²) in [6.07, 6.45) is 1.15. The fraction of sp³-hybridized carbons (Fsp3) is 0.421. The van der Waals surface area contributed by atoms with E-state index in [-0.39, 0.29) is 30.0 Å². The third-order valence-electron chi connectivity index (χ3n) is 5.08. The fourth-order valence-corrected chi connectivity index (χ4v) is 3.79. The second-order valence-corrected chi connectivity index (χ2v) is 7.04. The van der Waals surface area contributed by atoms with Crippen molar-refractivity contribution in [2.24, 2.45) is 0 Å². The van der Waals surface area contributed by atoms with Crippen LogP contribution in [0.3, 0.4) is 0 Å². The summed E-state index contributed by atoms with van der Waals surface area (Å²) in [4.78, 5) is 24.5. The smallest absolute Gasteiger partial charge is 0.410 e. The first-order chi connectivity index (χ1) is 13.0. The molecule has 2 aromatic rings. The zero-order valence-electron chi connectivity index (χ0n) is 15.1. The molecule has 27 heavy (non-hydrogen) atoms. The maximum absolute atomic E-state index is 13.0. The van der Waals surface area contributed by atoms with Crippen LogP contribution in [0.5, 0.6) is 0 Å². The van der Waals surface area contributed by atoms with Gasteiger partial charge in [-0.2, -0.15) is 4.98 Å². The van der Waals surface area contributed by atoms with Gasteiger partial charge in [0.25, 0.3) is 0 Å². The molecular formula is C19H22FN5O2. The Bertz CT molecular complexity index is 824. The van der Waals surface area contributed by atoms with E-state index in [0.29, 0.717) is 19.6 Å². The Balaban J connectivity index is 1.38. The summed E-state index contributed by atoms with van der Waals surface area (Å²) in [6.45, 7) is 3.74. The van der Waals surface area contributed by atoms with Gasteiger partial charge in [0.05, 0.1) is 12.6 Å². The molecule has 0 bridgehead atoms. The summed E-state index contributed by atoms with van der Waals surface area (Å²) in [5.41, 5.74) is 7.62. The Morgan fingerprint density at radius 2 is 2.04 bits per heavy atom. The monoisotopic (exact) mass is 371 g/mol. The van der Waals surface area contributed by atoms with E-state index in [1.165, 1.54) is 12.1 Å². The molecule has 0 spiro atoms. The topological polar surface area (TPSA) is 84.6 Å². The van der Waals surface area contributed by atoms with Gasteiger partial charge in [-0.15, -0.1) is 0 Å². The van der Waals surface area contributed by atoms with Crippen LogP contribution in [0.1, 0.15) is 17.7 Å². The van der Waals surface area contributed by atoms with Gasteiger partial charge in [0.2, 0.25) is 5.95 Å². The molecule has 1 aromatic carbocycles. The van der Waals surface area contributed by atoms with E-state index in [2.05, 4.69) is 14.9 Å². The molecule has 2 fully saturated rings. The standard InChI is InChI=1S/C19H22FN5O2/c1-12-9-17(23-18(21)22-12)24-10-15-16(11-24)27-19(26)25(15)8-2-3-13-4-6-14(20)7-5-13/h4-7,9,15-16H,2-3,8,10-11H2,1H3,(H2,21,22,23)/t15-,16+/m1/s1. The molecule has 0 unspecified atom stereocenters. The number of halogens is 1. The normalized spacial score (nSPS) is 21.5. The molecule has 0 saturated carbocycles. The van der Waals surface area contributed by atoms with E-state index in [4.69, 9.17) is 10.5 Å². The van der Waals surface area contributed by atoms with Crippen molar-refractivity contribution in [3.8, 4) is 0 Å². The highest BCUT2D eigenvalue weighted by molar-refractivity contribution is 5.71. The molecule has 1 amide bonds. The first-order valence-corrected chi connectivity index (χ1v) is 9.07. The number of aryl methyl sites for hydroxylation is 2. The highest BCUT2D eigenvalue weighted by Crippen LogP contribution is 2.30. The number of aromatic nitrogens is 2. The lowest BCUT2D eigenvalue weighted by Crippen LogP contribution is -2.39. The number of amides is 1. The van der Waals surface area contributed by atoms with Crippen LogP contribution in [0.15, 0.2) is 30.3 Å². The van der Waals surface area contributed by atoms with Crippen molar-refractivity contribution in [1.29, 1.82) is 0 Å². The first-order valence-electron chi connectivity index (χ1n) is 9.07. The van der Waals surface area contributed by atoms with Crippen molar-refractivity contribution in [2.75, 3.05) is 30.3 Å². The van der Waals surface area contributed by atoms with Crippen molar-refractivity contribution in [3.63, 3.8) is 0 Å². The Morgan fingerprint density at radius 3 is 2.78 bits per heavy atom. The van der Waals surface area contributed by atoms with Crippen LogP contribution in [0.25, 0.3) is 0 Å². The van der Waals surface area contributed by atoms with Gasteiger partial charge in [-0.25, -0.2) is 14.2 Å². The summed E-state index contributed by atoms with van der Waals surface area (Å²) in [5, 5.41) is 0. The Kier molecular flexibility index (Phi) is 4.55. The number of hydrogen-bond donors (Lipinski definition) is 1. The van der Waals surface area contributed by atoms with E-state index in [1.807, 2.05) is 13.0 Å². The molecule has 4 rings (SSSR count). The summed E-state index contributed by atoms with van der Waals surface area (Å²) in [5.74, 6) is 0.767. The molecule has 1 aromatic heterocycles. The number of benzene rings is 1. The maximum atomic E-state index is 13.0. The van der Waals surface area contributed by atoms with Gasteiger partial charge < -0.3 is 15.4 Å². The molecule has 2 N–H and O–H groups in total. The molecule has 142 valence electrons. The number of nitrogens with two attached hydrogens (primary N) is 1. The Morgan fingerprint density at radius 1 is 1.26 bits per heavy atom. The summed E-state index contributed by atoms with van der Waals surface area (Å²) in [7, 11) is 0. The van der Waals surface area contributed by atoms with Gasteiger partial charge in [-0.05, 0) is 37.5 Å². The van der Waals surface area contributed by atoms with Gasteiger partial charge in [0, 0.05) is 24.8 Å². The van der Waals surface area contributed by atoms with E-state index in [0.717, 1.165) is 29.9 Å². The summed E-state index contributed by atoms with van der Waals surface area (Å²) in [6, 6.07) is 8.36. The minimum absolute atomic E-state index is 0.00205. The number of rotatable bonds is 5. The molecule has 2 saturated heterocycles. The number of nitrogens with zero attached hydrogens (tertiary/aromatic N) is 4. The predicted octanol–water partition coefficient (Wildman–Crippen LogP) is 2.15. The minimum Gasteiger partial charge on any atom is -0.442 e. The van der Waals surface area contributed by atoms with Crippen molar-refractivity contribution in [3.05, 3.63) is 47.4 Å². The first kappa shape index (κ1) is 17.5. The zero-order valence-corrected chi connectivity index (χ0v) is 15.1. The summed E-state index contributed by atoms with van der Waals surface area (Å²) < 4.78 is 18.5. The van der Waals surface area contributed by atoms with Crippen molar-refractivity contribution in [1.82, 2.24) is 14.9 Å². The zero-order chi connectivity index (χ0) is 19.0. The van der Waals surface area contributed by atoms with Crippen LogP contribution >= 0.6 is 0 Å². The van der Waals surface area contributed by atoms with Crippen molar-refractivity contribution in [2.45, 2.75) is 31.9 Å². The SMILES string of the molecule is Cc1cc(N2C[C@@H]3OC(=O)N(CCCc4ccc(F)cc4)[C@@H]3C2)nc(N)n1. The molecular weight excluding hydrogens is 349 g/mol. The second-order valence-electron chi connectivity index (χ2n) is 7.04. The minimum atomic E-state index is -0.262. The molecule has 8 heteroatoms. The fourth-order valence-electron chi connectivity index (χ4n) is 3.79. The van der Waals surface area contributed by atoms with Crippen molar-refractivity contribution >= 4 is 17.9 Å². The van der Waals surface area contributed by atoms with Crippen LogP contribution in [-0.2, 0) is 11.2 Å². The number of anilines is 2. The van der Waals surface area contributed by atoms with Gasteiger partial charge in [-0.1, -0.05) is 12.1 Å². The number of nitrogen functional groups attached to an aromatic ring is 1. The predicted molar refractivity (Wildman–Crippen MR) is 98.9 cm³/mol. The molecule has 3 heterocycles. The highest BCUT2D eigenvalue weighted by atomic mass is 19.1. The quantitative estimate of drug-likeness (QED) is 0.867. The van der Waals surface area contributed by atoms with Gasteiger partial charge >= 0.3 is 6.09 Å². The average Bonchev–Trinajstić information content (AvgIpc) is 3.14. The third kappa shape index (κ3) is 3.65. The van der Waals surface area contributed by atoms with Gasteiger partial charge in [0.15, 0.2) is 0 Å². The van der Waals surface area contributed by atoms with E-state index in [1.54, 1.807) is 17.0 Å². The summed E-state index contributed by atoms with van der Waals surface area (Å²) >= 11 is 0. The van der Waals surface area contributed by atoms with Crippen LogP contribution in [0.2, 0.25) is 0 Å². The van der Waals surface area contributed by atoms with E-state index in [9.17, 15) is 9.18 Å². The molecule has 2 atom stereocenters. The van der Waals surface area contributed by atoms with Crippen molar-refractivity contribution < 1.29 is 13.9 Å². The second kappa shape index (κ2) is 7.02. The lowest BCUT2D eigenvalue weighted by molar-refractivity contribution is 0.135. The third-order valence-corrected chi connectivity index (χ3v) is 5.08. The molecule has 0 aliphatic carbocycles. The Hall–Kier alpha value is -2.90. The van der Waals surface area contributed by atoms with Gasteiger partial charge in [-0.3, -0.25) is 4.90 Å². The van der Waals surface area contributed by atoms with Crippen LogP contribution in [0.4, 0.5) is 21.0 Å². The largest absolute Gasteiger partial charge is 0.442 e. The molecule has 2 aliphatic heterocycles. The van der Waals surface area contributed by atoms with Crippen LogP contribution in [0, 0.1) is 12.7 Å². The van der Waals surface area contributed by atoms with E-state index < -0.39 is 0 Å². The molecule has 2 aliphatic rings. The number of carbonyl (C=O) groups excluding carboxylic acids is 1. The maximum Gasteiger partial charge on any atom is 0.410 e. The number of fused-ring (bicyclic) bond motifs is 1. The van der Waals surface area contributed by atoms with E-state index >= 15 is 0 Å². The number of hydrogen-bond acceptors (Lipinski definition) is 6. The van der Waals surface area contributed by atoms with Gasteiger partial charge in [0.1, 0.15) is 17.7 Å². The molecule has 7 nitrogen and oxygen atoms in total. The highest BCUT2D eigenvalue weighted by Gasteiger charge is 2.47. The Labute approximate surface area is 157 Å². The number of carbonyl (C=O) groups is 1. The molecule has 0 radical (unpaired) electrons. The van der Waals surface area contributed by atoms with Crippen LogP contribution in [-0.4, -0.2) is 52.7 Å². The van der Waals surface area contributed by atoms with Crippen LogP contribution < -0.4 is 10.6 Å². The lowest BCUT2D eigenvalue weighted by atomic mass is 10.1.